The molecule has 0 unspecified atom stereocenters. The van der Waals surface area contributed by atoms with Gasteiger partial charge in [-0.15, -0.1) is 0 Å². The average molecular weight is 229 g/mol. The highest BCUT2D eigenvalue weighted by Crippen LogP contribution is 1.97. The van der Waals surface area contributed by atoms with Crippen molar-refractivity contribution in [2.45, 2.75) is 20.3 Å². The Balaban J connectivity index is 3.47. The Morgan fingerprint density at radius 3 is 2.87 bits per heavy atom. The molecule has 0 aromatic rings. The van der Waals surface area contributed by atoms with Crippen LogP contribution in [0.4, 0.5) is 0 Å². The lowest BCUT2D eigenvalue weighted by Gasteiger charge is -2.05. The molecule has 0 fully saturated rings. The molecule has 0 aliphatic carbocycles. The Morgan fingerprint density at radius 1 is 1.60 bits per heavy atom. The molecule has 0 bridgehead atoms. The van der Waals surface area contributed by atoms with E-state index in [1.807, 2.05) is 12.4 Å². The lowest BCUT2D eigenvalue weighted by atomic mass is 10.2. The van der Waals surface area contributed by atoms with Crippen LogP contribution in [0, 0.1) is 17.4 Å². The number of rotatable bonds is 6. The van der Waals surface area contributed by atoms with E-state index in [0.29, 0.717) is 17.6 Å². The number of hydrogen-bond donors (Lipinski definition) is 1. The van der Waals surface area contributed by atoms with Crippen molar-refractivity contribution in [2.75, 3.05) is 26.0 Å². The summed E-state index contributed by atoms with van der Waals surface area (Å²) in [6.07, 6.45) is 4.63. The van der Waals surface area contributed by atoms with Crippen LogP contribution in [-0.2, 0) is 4.74 Å². The van der Waals surface area contributed by atoms with Gasteiger partial charge in [0.2, 0.25) is 0 Å². The second kappa shape index (κ2) is 9.81. The Bertz CT molecular complexity index is 223. The second-order valence-corrected chi connectivity index (χ2v) is 4.25. The van der Waals surface area contributed by atoms with E-state index < -0.39 is 0 Å². The molecule has 0 aliphatic heterocycles. The molecule has 0 rings (SSSR count). The summed E-state index contributed by atoms with van der Waals surface area (Å²) >= 11 is 1.44. The summed E-state index contributed by atoms with van der Waals surface area (Å²) in [7, 11) is 0. The van der Waals surface area contributed by atoms with Gasteiger partial charge < -0.3 is 4.74 Å². The summed E-state index contributed by atoms with van der Waals surface area (Å²) in [5, 5.41) is 11.6. The summed E-state index contributed by atoms with van der Waals surface area (Å²) < 4.78 is 5.41. The largest absolute Gasteiger partial charge is 0.381 e. The van der Waals surface area contributed by atoms with E-state index in [2.05, 4.69) is 24.2 Å². The molecule has 5 heteroatoms. The van der Waals surface area contributed by atoms with Crippen molar-refractivity contribution in [1.29, 1.82) is 5.26 Å². The molecule has 86 valence electrons. The summed E-state index contributed by atoms with van der Waals surface area (Å²) in [6.45, 7) is 6.48. The van der Waals surface area contributed by atoms with Crippen molar-refractivity contribution >= 4 is 16.9 Å². The molecule has 0 amide bonds. The van der Waals surface area contributed by atoms with Crippen LogP contribution in [0.5, 0.6) is 0 Å². The van der Waals surface area contributed by atoms with Crippen LogP contribution in [0.2, 0.25) is 0 Å². The van der Waals surface area contributed by atoms with Crippen molar-refractivity contribution in [3.8, 4) is 6.19 Å². The number of ether oxygens (including phenoxy) is 1. The van der Waals surface area contributed by atoms with Gasteiger partial charge in [-0.25, -0.2) is 0 Å². The predicted molar refractivity (Wildman–Crippen MR) is 64.8 cm³/mol. The summed E-state index contributed by atoms with van der Waals surface area (Å²) in [4.78, 5) is 4.21. The van der Waals surface area contributed by atoms with Gasteiger partial charge in [-0.1, -0.05) is 25.6 Å². The average Bonchev–Trinajstić information content (AvgIpc) is 2.21. The normalized spacial score (nSPS) is 11.5. The first kappa shape index (κ1) is 14.3. The minimum absolute atomic E-state index is 0.579. The van der Waals surface area contributed by atoms with Gasteiger partial charge in [0.1, 0.15) is 0 Å². The van der Waals surface area contributed by atoms with E-state index in [1.54, 1.807) is 0 Å². The number of aliphatic imine (C=N–C) groups is 1. The van der Waals surface area contributed by atoms with Crippen molar-refractivity contribution < 1.29 is 4.74 Å². The second-order valence-electron chi connectivity index (χ2n) is 3.45. The topological polar surface area (TPSA) is 57.4 Å². The molecule has 0 saturated heterocycles. The van der Waals surface area contributed by atoms with Gasteiger partial charge in [0.15, 0.2) is 11.4 Å². The molecule has 0 radical (unpaired) electrons. The smallest absolute Gasteiger partial charge is 0.183 e. The lowest BCUT2D eigenvalue weighted by Crippen LogP contribution is -2.14. The van der Waals surface area contributed by atoms with Crippen LogP contribution in [0.15, 0.2) is 4.99 Å². The fourth-order valence-electron chi connectivity index (χ4n) is 0.869. The van der Waals surface area contributed by atoms with E-state index in [0.717, 1.165) is 19.6 Å². The highest BCUT2D eigenvalue weighted by Gasteiger charge is 1.95. The maximum absolute atomic E-state index is 8.39. The van der Waals surface area contributed by atoms with E-state index >= 15 is 0 Å². The van der Waals surface area contributed by atoms with E-state index in [4.69, 9.17) is 10.00 Å². The van der Waals surface area contributed by atoms with E-state index in [-0.39, 0.29) is 0 Å². The van der Waals surface area contributed by atoms with Gasteiger partial charge in [-0.05, 0) is 18.6 Å². The molecule has 0 aromatic heterocycles. The lowest BCUT2D eigenvalue weighted by molar-refractivity contribution is 0.109. The van der Waals surface area contributed by atoms with Crippen molar-refractivity contribution in [3.05, 3.63) is 0 Å². The van der Waals surface area contributed by atoms with Gasteiger partial charge >= 0.3 is 0 Å². The monoisotopic (exact) mass is 229 g/mol. The number of nitrogens with zero attached hydrogens (tertiary/aromatic N) is 2. The van der Waals surface area contributed by atoms with Crippen LogP contribution in [-0.4, -0.2) is 31.2 Å². The van der Waals surface area contributed by atoms with Crippen LogP contribution >= 0.6 is 11.8 Å². The molecule has 0 aromatic carbocycles. The molecule has 0 spiro atoms. The Hall–Kier alpha value is -0.730. The molecule has 1 N–H and O–H groups in total. The minimum Gasteiger partial charge on any atom is -0.381 e. The number of hydrogen-bond acceptors (Lipinski definition) is 4. The maximum Gasteiger partial charge on any atom is 0.183 e. The molecular formula is C10H19N3OS. The molecule has 15 heavy (non-hydrogen) atoms. The fraction of sp³-hybridized carbons (Fsp3) is 0.800. The summed E-state index contributed by atoms with van der Waals surface area (Å²) in [5.41, 5.74) is 0. The first-order valence-corrected chi connectivity index (χ1v) is 6.24. The van der Waals surface area contributed by atoms with Crippen LogP contribution in [0.25, 0.3) is 0 Å². The Morgan fingerprint density at radius 2 is 2.33 bits per heavy atom. The van der Waals surface area contributed by atoms with Crippen molar-refractivity contribution in [2.24, 2.45) is 10.9 Å². The summed E-state index contributed by atoms with van der Waals surface area (Å²) in [5.74, 6) is 0.579. The number of thioether (sulfide) groups is 1. The maximum atomic E-state index is 8.39. The van der Waals surface area contributed by atoms with Gasteiger partial charge in [0, 0.05) is 19.8 Å². The number of amidine groups is 1. The zero-order chi connectivity index (χ0) is 11.5. The molecular weight excluding hydrogens is 210 g/mol. The quantitative estimate of drug-likeness (QED) is 0.248. The zero-order valence-electron chi connectivity index (χ0n) is 9.62. The van der Waals surface area contributed by atoms with Crippen LogP contribution in [0.1, 0.15) is 20.3 Å². The molecule has 4 nitrogen and oxygen atoms in total. The Labute approximate surface area is 96.1 Å². The molecule has 0 heterocycles. The highest BCUT2D eigenvalue weighted by atomic mass is 32.2. The van der Waals surface area contributed by atoms with Gasteiger partial charge in [-0.3, -0.25) is 10.3 Å². The van der Waals surface area contributed by atoms with Crippen molar-refractivity contribution in [3.63, 3.8) is 0 Å². The first-order chi connectivity index (χ1) is 7.20. The molecule has 0 aliphatic rings. The number of nitrogens with one attached hydrogen (secondary N) is 1. The van der Waals surface area contributed by atoms with Gasteiger partial charge in [-0.2, -0.15) is 5.26 Å². The third-order valence-electron chi connectivity index (χ3n) is 1.51. The standard InChI is InChI=1S/C10H19N3OS/c1-9(2)7-14-6-4-5-12-10(15-3)13-8-11/h9H,4-7H2,1-3H3,(H,12,13). The zero-order valence-corrected chi connectivity index (χ0v) is 10.4. The van der Waals surface area contributed by atoms with Crippen molar-refractivity contribution in [1.82, 2.24) is 5.32 Å². The third kappa shape index (κ3) is 9.57. The first-order valence-electron chi connectivity index (χ1n) is 5.02. The minimum atomic E-state index is 0.579. The highest BCUT2D eigenvalue weighted by molar-refractivity contribution is 8.13. The molecule has 0 atom stereocenters. The van der Waals surface area contributed by atoms with Crippen LogP contribution < -0.4 is 5.32 Å². The van der Waals surface area contributed by atoms with E-state index in [1.165, 1.54) is 11.8 Å². The predicted octanol–water partition coefficient (Wildman–Crippen LogP) is 1.84. The van der Waals surface area contributed by atoms with E-state index in [9.17, 15) is 0 Å². The van der Waals surface area contributed by atoms with Crippen LogP contribution in [0.3, 0.4) is 0 Å². The fourth-order valence-corrected chi connectivity index (χ4v) is 1.24. The Kier molecular flexibility index (Phi) is 9.33. The van der Waals surface area contributed by atoms with Gasteiger partial charge in [0.05, 0.1) is 0 Å². The summed E-state index contributed by atoms with van der Waals surface area (Å²) in [6, 6.07) is 0. The molecule has 0 saturated carbocycles. The third-order valence-corrected chi connectivity index (χ3v) is 2.13. The van der Waals surface area contributed by atoms with Gasteiger partial charge in [0.25, 0.3) is 0 Å². The SMILES string of the molecule is CSC(=NCCCOCC(C)C)NC#N. The number of nitriles is 1.